The van der Waals surface area contributed by atoms with Crippen molar-refractivity contribution in [3.8, 4) is 22.6 Å². The number of amides is 1. The van der Waals surface area contributed by atoms with Gasteiger partial charge in [-0.1, -0.05) is 18.2 Å². The predicted octanol–water partition coefficient (Wildman–Crippen LogP) is 6.60. The van der Waals surface area contributed by atoms with Gasteiger partial charge in [0, 0.05) is 48.7 Å². The molecule has 2 aromatic heterocycles. The quantitative estimate of drug-likeness (QED) is 0.237. The average molecular weight is 600 g/mol. The van der Waals surface area contributed by atoms with Gasteiger partial charge >= 0.3 is 0 Å². The molecule has 43 heavy (non-hydrogen) atoms. The number of aryl methyl sites for hydroxylation is 1. The summed E-state index contributed by atoms with van der Waals surface area (Å²) in [5.74, 6) is -0.956. The fourth-order valence-corrected chi connectivity index (χ4v) is 5.92. The van der Waals surface area contributed by atoms with Gasteiger partial charge in [-0.05, 0) is 72.2 Å². The number of allylic oxidation sites excluding steroid dienone is 1. The topological polar surface area (TPSA) is 92.5 Å². The van der Waals surface area contributed by atoms with Crippen LogP contribution < -0.4 is 9.62 Å². The normalized spacial score (nSPS) is 12.7. The molecule has 0 aliphatic heterocycles. The Bertz CT molecular complexity index is 2080. The molecule has 0 atom stereocenters. The van der Waals surface area contributed by atoms with Crippen LogP contribution in [-0.4, -0.2) is 39.7 Å². The molecule has 1 aliphatic rings. The van der Waals surface area contributed by atoms with E-state index in [2.05, 4.69) is 5.32 Å². The highest BCUT2D eigenvalue weighted by atomic mass is 32.2. The summed E-state index contributed by atoms with van der Waals surface area (Å²) in [6.45, 7) is 1.91. The van der Waals surface area contributed by atoms with E-state index >= 15 is 0 Å². The van der Waals surface area contributed by atoms with Gasteiger partial charge in [-0.15, -0.1) is 0 Å². The van der Waals surface area contributed by atoms with Crippen molar-refractivity contribution in [2.75, 3.05) is 24.7 Å². The Balaban J connectivity index is 1.59. The average Bonchev–Trinajstić information content (AvgIpc) is 3.58. The van der Waals surface area contributed by atoms with E-state index in [1.165, 1.54) is 44.4 Å². The van der Waals surface area contributed by atoms with Crippen molar-refractivity contribution >= 4 is 44.2 Å². The zero-order chi connectivity index (χ0) is 30.6. The lowest BCUT2D eigenvalue weighted by molar-refractivity contribution is 0.0964. The first kappa shape index (κ1) is 28.3. The summed E-state index contributed by atoms with van der Waals surface area (Å²) in [6, 6.07) is 17.4. The first-order chi connectivity index (χ1) is 20.5. The molecule has 1 aliphatic carbocycles. The maximum Gasteiger partial charge on any atom is 0.255 e. The molecule has 0 saturated heterocycles. The number of hydrogen-bond acceptors (Lipinski definition) is 5. The first-order valence-electron chi connectivity index (χ1n) is 13.4. The molecule has 5 aromatic rings. The molecule has 0 fully saturated rings. The summed E-state index contributed by atoms with van der Waals surface area (Å²) in [4.78, 5) is 18.1. The molecule has 2 heterocycles. The molecular formula is C33H27F2N3O4S. The highest BCUT2D eigenvalue weighted by molar-refractivity contribution is 7.92. The molecule has 0 unspecified atom stereocenters. The fourth-order valence-electron chi connectivity index (χ4n) is 5.42. The number of furan rings is 1. The van der Waals surface area contributed by atoms with E-state index in [1.807, 2.05) is 19.1 Å². The van der Waals surface area contributed by atoms with Gasteiger partial charge in [0.25, 0.3) is 5.91 Å². The highest BCUT2D eigenvalue weighted by Crippen LogP contribution is 2.42. The molecule has 1 amide bonds. The van der Waals surface area contributed by atoms with Crippen LogP contribution in [0.4, 0.5) is 14.5 Å². The molecule has 1 N–H and O–H groups in total. The molecule has 3 aromatic carbocycles. The molecule has 10 heteroatoms. The number of nitrogens with zero attached hydrogens (tertiary/aromatic N) is 2. The van der Waals surface area contributed by atoms with Crippen LogP contribution >= 0.6 is 0 Å². The van der Waals surface area contributed by atoms with Gasteiger partial charge in [0.15, 0.2) is 0 Å². The largest absolute Gasteiger partial charge is 0.455 e. The summed E-state index contributed by atoms with van der Waals surface area (Å²) in [5, 5.41) is 3.06. The minimum Gasteiger partial charge on any atom is -0.455 e. The number of pyridine rings is 1. The van der Waals surface area contributed by atoms with Crippen LogP contribution in [0, 0.1) is 18.6 Å². The standard InChI is InChI=1S/C33H27F2N3O4S/c1-18-8-13-27(37-31(18)21-14-20-6-5-7-26(35)23(20)15-21)24-16-25-29(17-28(24)38(3)43(4,40)41)42-32(30(25)33(39)36-2)19-9-11-22(34)12-10-19/h5-13,15-17H,14H2,1-4H3,(H,36,39). The highest BCUT2D eigenvalue weighted by Gasteiger charge is 2.27. The van der Waals surface area contributed by atoms with Gasteiger partial charge in [0.2, 0.25) is 10.0 Å². The van der Waals surface area contributed by atoms with Gasteiger partial charge in [0.1, 0.15) is 23.0 Å². The summed E-state index contributed by atoms with van der Waals surface area (Å²) in [6.07, 6.45) is 3.39. The second-order valence-electron chi connectivity index (χ2n) is 10.5. The molecule has 6 rings (SSSR count). The molecule has 0 spiro atoms. The second-order valence-corrected chi connectivity index (χ2v) is 12.5. The number of fused-ring (bicyclic) bond motifs is 2. The van der Waals surface area contributed by atoms with Crippen LogP contribution in [0.25, 0.3) is 45.2 Å². The van der Waals surface area contributed by atoms with Gasteiger partial charge in [0.05, 0.1) is 28.9 Å². The van der Waals surface area contributed by atoms with Crippen LogP contribution in [0.15, 0.2) is 71.1 Å². The number of rotatable bonds is 6. The number of sulfonamides is 1. The Labute approximate surface area is 247 Å². The number of hydrogen-bond donors (Lipinski definition) is 1. The van der Waals surface area contributed by atoms with E-state index in [4.69, 9.17) is 9.40 Å². The Morgan fingerprint density at radius 2 is 1.79 bits per heavy atom. The molecule has 218 valence electrons. The number of nitrogens with one attached hydrogen (secondary N) is 1. The van der Waals surface area contributed by atoms with Crippen LogP contribution in [-0.2, 0) is 16.4 Å². The second kappa shape index (κ2) is 10.5. The van der Waals surface area contributed by atoms with Gasteiger partial charge in [-0.25, -0.2) is 22.2 Å². The van der Waals surface area contributed by atoms with E-state index in [-0.39, 0.29) is 28.4 Å². The maximum atomic E-state index is 14.5. The van der Waals surface area contributed by atoms with E-state index in [0.29, 0.717) is 39.9 Å². The van der Waals surface area contributed by atoms with Crippen molar-refractivity contribution in [1.29, 1.82) is 0 Å². The number of carbonyl (C=O) groups excluding carboxylic acids is 1. The van der Waals surface area contributed by atoms with Crippen LogP contribution in [0.3, 0.4) is 0 Å². The summed E-state index contributed by atoms with van der Waals surface area (Å²) in [7, 11) is -0.801. The third kappa shape index (κ3) is 4.97. The fraction of sp³-hybridized carbons (Fsp3) is 0.152. The third-order valence-corrected chi connectivity index (χ3v) is 8.91. The van der Waals surface area contributed by atoms with Crippen molar-refractivity contribution in [3.63, 3.8) is 0 Å². The number of carbonyl (C=O) groups is 1. The summed E-state index contributed by atoms with van der Waals surface area (Å²) in [5.41, 5.74) is 5.92. The number of benzene rings is 3. The number of aromatic nitrogens is 1. The van der Waals surface area contributed by atoms with Crippen LogP contribution in [0.1, 0.15) is 32.7 Å². The third-order valence-electron chi connectivity index (χ3n) is 7.72. The SMILES string of the molecule is CNC(=O)c1c(-c2ccc(F)cc2)oc2cc(N(C)S(C)(=O)=O)c(-c3ccc(C)c(C4=Cc5c(F)cccc5C4)n3)cc12. The minimum absolute atomic E-state index is 0.216. The number of anilines is 1. The van der Waals surface area contributed by atoms with Gasteiger partial charge in [-0.2, -0.15) is 0 Å². The predicted molar refractivity (Wildman–Crippen MR) is 164 cm³/mol. The maximum absolute atomic E-state index is 14.5. The summed E-state index contributed by atoms with van der Waals surface area (Å²) >= 11 is 0. The van der Waals surface area contributed by atoms with Crippen molar-refractivity contribution in [3.05, 3.63) is 106 Å². The molecule has 7 nitrogen and oxygen atoms in total. The molecular weight excluding hydrogens is 572 g/mol. The zero-order valence-corrected chi connectivity index (χ0v) is 24.6. The Morgan fingerprint density at radius 1 is 1.05 bits per heavy atom. The monoisotopic (exact) mass is 599 g/mol. The first-order valence-corrected chi connectivity index (χ1v) is 15.3. The Kier molecular flexibility index (Phi) is 6.89. The smallest absolute Gasteiger partial charge is 0.255 e. The van der Waals surface area contributed by atoms with Crippen molar-refractivity contribution < 1.29 is 26.4 Å². The van der Waals surface area contributed by atoms with E-state index in [1.54, 1.807) is 30.3 Å². The molecule has 0 bridgehead atoms. The van der Waals surface area contributed by atoms with Gasteiger partial charge in [-0.3, -0.25) is 9.10 Å². The molecule has 0 saturated carbocycles. The van der Waals surface area contributed by atoms with Crippen LogP contribution in [0.5, 0.6) is 0 Å². The summed E-state index contributed by atoms with van der Waals surface area (Å²) < 4.78 is 61.0. The lowest BCUT2D eigenvalue weighted by Gasteiger charge is -2.21. The van der Waals surface area contributed by atoms with Crippen molar-refractivity contribution in [1.82, 2.24) is 10.3 Å². The Morgan fingerprint density at radius 3 is 2.47 bits per heavy atom. The van der Waals surface area contributed by atoms with E-state index in [0.717, 1.165) is 27.3 Å². The van der Waals surface area contributed by atoms with E-state index < -0.39 is 21.7 Å². The van der Waals surface area contributed by atoms with Crippen molar-refractivity contribution in [2.45, 2.75) is 13.3 Å². The lowest BCUT2D eigenvalue weighted by atomic mass is 9.99. The minimum atomic E-state index is -3.72. The number of halogens is 2. The zero-order valence-electron chi connectivity index (χ0n) is 23.8. The van der Waals surface area contributed by atoms with E-state index in [9.17, 15) is 22.0 Å². The van der Waals surface area contributed by atoms with Gasteiger partial charge < -0.3 is 9.73 Å². The molecule has 0 radical (unpaired) electrons. The Hall–Kier alpha value is -4.83. The van der Waals surface area contributed by atoms with Crippen LogP contribution in [0.2, 0.25) is 0 Å². The van der Waals surface area contributed by atoms with Crippen molar-refractivity contribution in [2.24, 2.45) is 0 Å². The lowest BCUT2D eigenvalue weighted by Crippen LogP contribution is -2.25.